The third-order valence-corrected chi connectivity index (χ3v) is 2.18. The highest BCUT2D eigenvalue weighted by Crippen LogP contribution is 2.30. The van der Waals surface area contributed by atoms with E-state index in [1.54, 1.807) is 0 Å². The second kappa shape index (κ2) is 5.55. The first-order valence-corrected chi connectivity index (χ1v) is 4.94. The number of nitriles is 1. The van der Waals surface area contributed by atoms with Gasteiger partial charge in [0.2, 0.25) is 0 Å². The van der Waals surface area contributed by atoms with E-state index in [0.29, 0.717) is 0 Å². The number of nitrogens with zero attached hydrogens (tertiary/aromatic N) is 2. The van der Waals surface area contributed by atoms with Gasteiger partial charge in [0, 0.05) is 6.20 Å². The van der Waals surface area contributed by atoms with Crippen molar-refractivity contribution in [2.75, 3.05) is 6.61 Å². The Morgan fingerprint density at radius 3 is 2.82 bits per heavy atom. The van der Waals surface area contributed by atoms with Crippen molar-refractivity contribution in [1.82, 2.24) is 4.98 Å². The normalized spacial score (nSPS) is 10.1. The van der Waals surface area contributed by atoms with Crippen molar-refractivity contribution in [1.29, 1.82) is 5.26 Å². The molecule has 0 fully saturated rings. The molecule has 7 heteroatoms. The summed E-state index contributed by atoms with van der Waals surface area (Å²) in [6, 6.07) is 1.53. The first-order chi connectivity index (χ1) is 8.02. The number of halogens is 3. The van der Waals surface area contributed by atoms with Gasteiger partial charge in [0.25, 0.3) is 6.43 Å². The van der Waals surface area contributed by atoms with Crippen LogP contribution < -0.4 is 0 Å². The lowest BCUT2D eigenvalue weighted by molar-refractivity contribution is 0.0515. The topological polar surface area (TPSA) is 63.0 Å². The largest absolute Gasteiger partial charge is 0.462 e. The zero-order valence-electron chi connectivity index (χ0n) is 8.71. The maximum Gasteiger partial charge on any atom is 0.341 e. The molecule has 0 bridgehead atoms. The van der Waals surface area contributed by atoms with Gasteiger partial charge in [-0.25, -0.2) is 18.6 Å². The molecule has 1 rings (SSSR count). The van der Waals surface area contributed by atoms with Gasteiger partial charge in [-0.05, 0) is 6.92 Å². The molecule has 1 aromatic rings. The summed E-state index contributed by atoms with van der Waals surface area (Å²) in [6.07, 6.45) is -2.11. The minimum Gasteiger partial charge on any atom is -0.462 e. The van der Waals surface area contributed by atoms with Gasteiger partial charge in [-0.2, -0.15) is 5.26 Å². The Kier molecular flexibility index (Phi) is 4.35. The van der Waals surface area contributed by atoms with Crippen LogP contribution in [0.5, 0.6) is 0 Å². The van der Waals surface area contributed by atoms with Crippen molar-refractivity contribution in [3.05, 3.63) is 28.0 Å². The smallest absolute Gasteiger partial charge is 0.341 e. The molecule has 17 heavy (non-hydrogen) atoms. The standard InChI is InChI=1S/C10H7ClF2N2O2/c1-2-17-10(16)7-6(9(12)13)5(3-14)4-15-8(7)11/h4,9H,2H2,1H3. The summed E-state index contributed by atoms with van der Waals surface area (Å²) in [5.74, 6) is -1.02. The van der Waals surface area contributed by atoms with Gasteiger partial charge < -0.3 is 4.74 Å². The average molecular weight is 261 g/mol. The van der Waals surface area contributed by atoms with Crippen LogP contribution in [0.1, 0.15) is 34.8 Å². The third kappa shape index (κ3) is 2.68. The summed E-state index contributed by atoms with van der Waals surface area (Å²) in [4.78, 5) is 15.0. The maximum absolute atomic E-state index is 12.8. The number of hydrogen-bond acceptors (Lipinski definition) is 4. The Balaban J connectivity index is 3.45. The molecule has 0 saturated heterocycles. The molecule has 90 valence electrons. The molecule has 0 aliphatic rings. The number of pyridine rings is 1. The summed E-state index contributed by atoms with van der Waals surface area (Å²) in [7, 11) is 0. The van der Waals surface area contributed by atoms with Crippen LogP contribution in [0, 0.1) is 11.3 Å². The fourth-order valence-corrected chi connectivity index (χ4v) is 1.44. The molecule has 0 atom stereocenters. The Morgan fingerprint density at radius 2 is 2.35 bits per heavy atom. The van der Waals surface area contributed by atoms with Gasteiger partial charge in [-0.3, -0.25) is 0 Å². The molecular weight excluding hydrogens is 254 g/mol. The lowest BCUT2D eigenvalue weighted by atomic mass is 10.1. The Hall–Kier alpha value is -1.74. The Bertz CT molecular complexity index is 486. The van der Waals surface area contributed by atoms with Crippen molar-refractivity contribution in [3.63, 3.8) is 0 Å². The molecule has 0 aliphatic carbocycles. The molecule has 4 nitrogen and oxygen atoms in total. The highest BCUT2D eigenvalue weighted by molar-refractivity contribution is 6.32. The molecule has 0 spiro atoms. The number of esters is 1. The van der Waals surface area contributed by atoms with Crippen LogP contribution in [0.4, 0.5) is 8.78 Å². The number of aromatic nitrogens is 1. The number of carbonyl (C=O) groups excluding carboxylic acids is 1. The fourth-order valence-electron chi connectivity index (χ4n) is 1.21. The second-order valence-electron chi connectivity index (χ2n) is 2.88. The van der Waals surface area contributed by atoms with Crippen LogP contribution in [-0.2, 0) is 4.74 Å². The molecule has 0 N–H and O–H groups in total. The van der Waals surface area contributed by atoms with Gasteiger partial charge in [-0.1, -0.05) is 11.6 Å². The molecule has 1 aromatic heterocycles. The van der Waals surface area contributed by atoms with E-state index in [0.717, 1.165) is 6.20 Å². The molecule has 0 amide bonds. The highest BCUT2D eigenvalue weighted by Gasteiger charge is 2.27. The molecule has 0 saturated carbocycles. The van der Waals surface area contributed by atoms with Crippen LogP contribution in [0.25, 0.3) is 0 Å². The van der Waals surface area contributed by atoms with Gasteiger partial charge in [0.1, 0.15) is 16.8 Å². The SMILES string of the molecule is CCOC(=O)c1c(Cl)ncc(C#N)c1C(F)F. The molecule has 0 aliphatic heterocycles. The van der Waals surface area contributed by atoms with Crippen molar-refractivity contribution >= 4 is 17.6 Å². The zero-order chi connectivity index (χ0) is 13.0. The monoisotopic (exact) mass is 260 g/mol. The summed E-state index contributed by atoms with van der Waals surface area (Å²) in [5, 5.41) is 8.27. The Labute approximate surface area is 101 Å². The average Bonchev–Trinajstić information content (AvgIpc) is 2.28. The van der Waals surface area contributed by atoms with E-state index in [1.807, 2.05) is 0 Å². The lowest BCUT2D eigenvalue weighted by Gasteiger charge is -2.10. The predicted octanol–water partition coefficient (Wildman–Crippen LogP) is 2.72. The first kappa shape index (κ1) is 13.3. The summed E-state index contributed by atoms with van der Waals surface area (Å²) >= 11 is 5.58. The van der Waals surface area contributed by atoms with E-state index in [4.69, 9.17) is 16.9 Å². The van der Waals surface area contributed by atoms with Crippen molar-refractivity contribution in [3.8, 4) is 6.07 Å². The Morgan fingerprint density at radius 1 is 1.71 bits per heavy atom. The van der Waals surface area contributed by atoms with E-state index < -0.39 is 34.2 Å². The van der Waals surface area contributed by atoms with Gasteiger partial charge in [0.15, 0.2) is 0 Å². The van der Waals surface area contributed by atoms with E-state index in [9.17, 15) is 13.6 Å². The highest BCUT2D eigenvalue weighted by atomic mass is 35.5. The molecule has 0 unspecified atom stereocenters. The van der Waals surface area contributed by atoms with Gasteiger partial charge >= 0.3 is 5.97 Å². The van der Waals surface area contributed by atoms with Crippen molar-refractivity contribution in [2.24, 2.45) is 0 Å². The van der Waals surface area contributed by atoms with Gasteiger partial charge in [0.05, 0.1) is 17.7 Å². The fraction of sp³-hybridized carbons (Fsp3) is 0.300. The number of carbonyl (C=O) groups is 1. The first-order valence-electron chi connectivity index (χ1n) is 4.56. The third-order valence-electron chi connectivity index (χ3n) is 1.89. The molecule has 1 heterocycles. The van der Waals surface area contributed by atoms with Crippen molar-refractivity contribution < 1.29 is 18.3 Å². The maximum atomic E-state index is 12.8. The second-order valence-corrected chi connectivity index (χ2v) is 3.24. The summed E-state index contributed by atoms with van der Waals surface area (Å²) < 4.78 is 30.2. The minimum absolute atomic E-state index is 0.00855. The van der Waals surface area contributed by atoms with Crippen LogP contribution in [0.15, 0.2) is 6.20 Å². The quantitative estimate of drug-likeness (QED) is 0.619. The van der Waals surface area contributed by atoms with Crippen LogP contribution in [0.3, 0.4) is 0 Å². The number of hydrogen-bond donors (Lipinski definition) is 0. The van der Waals surface area contributed by atoms with E-state index >= 15 is 0 Å². The summed E-state index contributed by atoms with van der Waals surface area (Å²) in [6.45, 7) is 1.53. The summed E-state index contributed by atoms with van der Waals surface area (Å²) in [5.41, 5.74) is -1.69. The van der Waals surface area contributed by atoms with Crippen molar-refractivity contribution in [2.45, 2.75) is 13.3 Å². The molecular formula is C10H7ClF2N2O2. The van der Waals surface area contributed by atoms with E-state index in [-0.39, 0.29) is 6.61 Å². The van der Waals surface area contributed by atoms with Crippen LogP contribution in [-0.4, -0.2) is 17.6 Å². The van der Waals surface area contributed by atoms with Crippen LogP contribution in [0.2, 0.25) is 5.15 Å². The number of rotatable bonds is 3. The molecule has 0 aromatic carbocycles. The van der Waals surface area contributed by atoms with Gasteiger partial charge in [-0.15, -0.1) is 0 Å². The lowest BCUT2D eigenvalue weighted by Crippen LogP contribution is -2.12. The predicted molar refractivity (Wildman–Crippen MR) is 54.9 cm³/mol. The van der Waals surface area contributed by atoms with Crippen LogP contribution >= 0.6 is 11.6 Å². The van der Waals surface area contributed by atoms with E-state index in [2.05, 4.69) is 9.72 Å². The van der Waals surface area contributed by atoms with E-state index in [1.165, 1.54) is 13.0 Å². The number of alkyl halides is 2. The molecule has 0 radical (unpaired) electrons. The number of ether oxygens (including phenoxy) is 1. The zero-order valence-corrected chi connectivity index (χ0v) is 9.46. The minimum atomic E-state index is -3.01.